The minimum absolute atomic E-state index is 0.800. The fourth-order valence-electron chi connectivity index (χ4n) is 3.35. The van der Waals surface area contributed by atoms with Crippen molar-refractivity contribution in [2.45, 2.75) is 44.4 Å². The highest BCUT2D eigenvalue weighted by Crippen LogP contribution is 2.34. The van der Waals surface area contributed by atoms with Crippen LogP contribution in [-0.2, 0) is 12.8 Å². The largest absolute Gasteiger partial charge is 0.0622 e. The first-order valence-corrected chi connectivity index (χ1v) is 7.55. The number of benzene rings is 2. The Balaban J connectivity index is 1.59. The molecule has 2 aromatic rings. The summed E-state index contributed by atoms with van der Waals surface area (Å²) in [6.07, 6.45) is 7.90. The van der Waals surface area contributed by atoms with Gasteiger partial charge in [0.05, 0.1) is 0 Å². The first-order chi connectivity index (χ1) is 9.43. The lowest BCUT2D eigenvalue weighted by molar-refractivity contribution is 0.504. The third kappa shape index (κ3) is 3.07. The molecule has 0 N–H and O–H groups in total. The minimum atomic E-state index is 0.800. The second-order valence-corrected chi connectivity index (χ2v) is 5.67. The molecule has 0 saturated heterocycles. The van der Waals surface area contributed by atoms with Crippen molar-refractivity contribution < 1.29 is 0 Å². The van der Waals surface area contributed by atoms with E-state index in [1.807, 2.05) is 0 Å². The van der Waals surface area contributed by atoms with Crippen molar-refractivity contribution in [1.29, 1.82) is 0 Å². The van der Waals surface area contributed by atoms with E-state index in [4.69, 9.17) is 0 Å². The predicted molar refractivity (Wildman–Crippen MR) is 81.5 cm³/mol. The van der Waals surface area contributed by atoms with Gasteiger partial charge in [-0.15, -0.1) is 0 Å². The van der Waals surface area contributed by atoms with E-state index in [1.54, 1.807) is 11.1 Å². The van der Waals surface area contributed by atoms with Gasteiger partial charge in [0.1, 0.15) is 0 Å². The summed E-state index contributed by atoms with van der Waals surface area (Å²) in [5.41, 5.74) is 4.70. The van der Waals surface area contributed by atoms with Crippen LogP contribution in [0.1, 0.15) is 48.3 Å². The Labute approximate surface area is 116 Å². The van der Waals surface area contributed by atoms with Gasteiger partial charge >= 0.3 is 0 Å². The maximum Gasteiger partial charge on any atom is -0.0159 e. The molecule has 0 aliphatic heterocycles. The number of hydrogen-bond donors (Lipinski definition) is 0. The van der Waals surface area contributed by atoms with Gasteiger partial charge in [-0.1, -0.05) is 54.6 Å². The average molecular weight is 250 g/mol. The Bertz CT molecular complexity index is 513. The molecule has 0 spiro atoms. The fourth-order valence-corrected chi connectivity index (χ4v) is 3.35. The molecule has 1 atom stereocenters. The van der Waals surface area contributed by atoms with Crippen LogP contribution in [-0.4, -0.2) is 0 Å². The number of hydrogen-bond acceptors (Lipinski definition) is 0. The Morgan fingerprint density at radius 2 is 1.68 bits per heavy atom. The first kappa shape index (κ1) is 12.5. The Morgan fingerprint density at radius 3 is 2.58 bits per heavy atom. The zero-order valence-electron chi connectivity index (χ0n) is 11.5. The SMILES string of the molecule is c1ccc(CCCC2CCCc3ccccc32)cc1. The van der Waals surface area contributed by atoms with Crippen molar-refractivity contribution in [2.75, 3.05) is 0 Å². The molecule has 19 heavy (non-hydrogen) atoms. The molecular formula is C19H22. The molecule has 98 valence electrons. The molecule has 0 bridgehead atoms. The summed E-state index contributed by atoms with van der Waals surface area (Å²) < 4.78 is 0. The lowest BCUT2D eigenvalue weighted by atomic mass is 9.80. The van der Waals surface area contributed by atoms with Crippen molar-refractivity contribution >= 4 is 0 Å². The van der Waals surface area contributed by atoms with E-state index in [1.165, 1.54) is 44.1 Å². The van der Waals surface area contributed by atoms with Crippen molar-refractivity contribution in [1.82, 2.24) is 0 Å². The molecule has 1 unspecified atom stereocenters. The second-order valence-electron chi connectivity index (χ2n) is 5.67. The third-order valence-electron chi connectivity index (χ3n) is 4.35. The van der Waals surface area contributed by atoms with Crippen LogP contribution in [0.4, 0.5) is 0 Å². The van der Waals surface area contributed by atoms with Crippen molar-refractivity contribution in [3.63, 3.8) is 0 Å². The molecular weight excluding hydrogens is 228 g/mol. The fraction of sp³-hybridized carbons (Fsp3) is 0.368. The molecule has 0 aromatic heterocycles. The molecule has 0 heterocycles. The van der Waals surface area contributed by atoms with E-state index in [9.17, 15) is 0 Å². The van der Waals surface area contributed by atoms with Crippen LogP contribution < -0.4 is 0 Å². The molecule has 0 heteroatoms. The van der Waals surface area contributed by atoms with Gasteiger partial charge in [-0.3, -0.25) is 0 Å². The van der Waals surface area contributed by atoms with E-state index in [2.05, 4.69) is 54.6 Å². The van der Waals surface area contributed by atoms with Gasteiger partial charge in [0.15, 0.2) is 0 Å². The third-order valence-corrected chi connectivity index (χ3v) is 4.35. The lowest BCUT2D eigenvalue weighted by Crippen LogP contribution is -2.09. The van der Waals surface area contributed by atoms with Gasteiger partial charge in [0.25, 0.3) is 0 Å². The van der Waals surface area contributed by atoms with Gasteiger partial charge in [-0.25, -0.2) is 0 Å². The molecule has 2 aromatic carbocycles. The van der Waals surface area contributed by atoms with Crippen LogP contribution in [0.2, 0.25) is 0 Å². The molecule has 1 aliphatic carbocycles. The summed E-state index contributed by atoms with van der Waals surface area (Å²) in [5.74, 6) is 0.800. The Kier molecular flexibility index (Phi) is 3.98. The van der Waals surface area contributed by atoms with E-state index < -0.39 is 0 Å². The highest BCUT2D eigenvalue weighted by atomic mass is 14.2. The van der Waals surface area contributed by atoms with Crippen molar-refractivity contribution in [3.05, 3.63) is 71.3 Å². The summed E-state index contributed by atoms with van der Waals surface area (Å²) in [6.45, 7) is 0. The van der Waals surface area contributed by atoms with Crippen LogP contribution >= 0.6 is 0 Å². The Hall–Kier alpha value is -1.56. The van der Waals surface area contributed by atoms with Gasteiger partial charge in [-0.05, 0) is 61.1 Å². The quantitative estimate of drug-likeness (QED) is 0.705. The number of aryl methyl sites for hydroxylation is 2. The van der Waals surface area contributed by atoms with Crippen LogP contribution in [0.5, 0.6) is 0 Å². The maximum atomic E-state index is 2.35. The van der Waals surface area contributed by atoms with Crippen LogP contribution in [0.3, 0.4) is 0 Å². The summed E-state index contributed by atoms with van der Waals surface area (Å²) in [5, 5.41) is 0. The molecule has 0 saturated carbocycles. The summed E-state index contributed by atoms with van der Waals surface area (Å²) >= 11 is 0. The van der Waals surface area contributed by atoms with Gasteiger partial charge in [0.2, 0.25) is 0 Å². The monoisotopic (exact) mass is 250 g/mol. The highest BCUT2D eigenvalue weighted by molar-refractivity contribution is 5.32. The van der Waals surface area contributed by atoms with Gasteiger partial charge in [-0.2, -0.15) is 0 Å². The van der Waals surface area contributed by atoms with E-state index in [0.717, 1.165) is 5.92 Å². The van der Waals surface area contributed by atoms with Crippen LogP contribution in [0.15, 0.2) is 54.6 Å². The predicted octanol–water partition coefficient (Wildman–Crippen LogP) is 5.13. The smallest absolute Gasteiger partial charge is 0.0159 e. The molecule has 3 rings (SSSR count). The van der Waals surface area contributed by atoms with Crippen LogP contribution in [0, 0.1) is 0 Å². The lowest BCUT2D eigenvalue weighted by Gasteiger charge is -2.25. The number of rotatable bonds is 4. The topological polar surface area (TPSA) is 0 Å². The maximum absolute atomic E-state index is 2.35. The van der Waals surface area contributed by atoms with Crippen LogP contribution in [0.25, 0.3) is 0 Å². The number of fused-ring (bicyclic) bond motifs is 1. The molecule has 0 nitrogen and oxygen atoms in total. The second kappa shape index (κ2) is 6.06. The average Bonchev–Trinajstić information content (AvgIpc) is 2.49. The van der Waals surface area contributed by atoms with Gasteiger partial charge < -0.3 is 0 Å². The minimum Gasteiger partial charge on any atom is -0.0622 e. The van der Waals surface area contributed by atoms with E-state index in [-0.39, 0.29) is 0 Å². The highest BCUT2D eigenvalue weighted by Gasteiger charge is 2.18. The van der Waals surface area contributed by atoms with Gasteiger partial charge in [0, 0.05) is 0 Å². The van der Waals surface area contributed by atoms with E-state index >= 15 is 0 Å². The molecule has 0 fully saturated rings. The summed E-state index contributed by atoms with van der Waals surface area (Å²) in [6, 6.07) is 19.9. The summed E-state index contributed by atoms with van der Waals surface area (Å²) in [7, 11) is 0. The first-order valence-electron chi connectivity index (χ1n) is 7.55. The van der Waals surface area contributed by atoms with Crippen molar-refractivity contribution in [2.24, 2.45) is 0 Å². The van der Waals surface area contributed by atoms with Crippen molar-refractivity contribution in [3.8, 4) is 0 Å². The molecule has 0 radical (unpaired) electrons. The molecule has 0 amide bonds. The standard InChI is InChI=1S/C19H22/c1-2-8-16(9-3-1)10-6-12-18-14-7-13-17-11-4-5-15-19(17)18/h1-5,8-9,11,15,18H,6-7,10,12-14H2. The normalized spacial score (nSPS) is 18.0. The van der Waals surface area contributed by atoms with E-state index in [0.29, 0.717) is 0 Å². The zero-order chi connectivity index (χ0) is 12.9. The zero-order valence-corrected chi connectivity index (χ0v) is 11.5. The molecule has 1 aliphatic rings. The Morgan fingerprint density at radius 1 is 0.895 bits per heavy atom. The summed E-state index contributed by atoms with van der Waals surface area (Å²) in [4.78, 5) is 0.